The van der Waals surface area contributed by atoms with Gasteiger partial charge in [0, 0.05) is 25.7 Å². The molecule has 0 aliphatic carbocycles. The molecule has 2 aliphatic heterocycles. The topological polar surface area (TPSA) is 98.3 Å². The van der Waals surface area contributed by atoms with Crippen LogP contribution in [0.5, 0.6) is 23.0 Å². The maximum absolute atomic E-state index is 12.4. The number of aliphatic carboxylic acids is 1. The molecule has 0 saturated heterocycles. The summed E-state index contributed by atoms with van der Waals surface area (Å²) in [6.07, 6.45) is 0. The van der Waals surface area contributed by atoms with Gasteiger partial charge in [0.1, 0.15) is 0 Å². The van der Waals surface area contributed by atoms with Crippen LogP contribution in [-0.2, 0) is 17.9 Å². The molecular formula is C26H24Cl2N2O6. The van der Waals surface area contributed by atoms with Crippen LogP contribution in [-0.4, -0.2) is 31.2 Å². The smallest absolute Gasteiger partial charge is 0.309 e. The third-order valence-electron chi connectivity index (χ3n) is 6.12. The zero-order valence-corrected chi connectivity index (χ0v) is 20.6. The maximum atomic E-state index is 12.4. The lowest BCUT2D eigenvalue weighted by atomic mass is 9.92. The predicted molar refractivity (Wildman–Crippen MR) is 134 cm³/mol. The molecule has 2 aliphatic rings. The van der Waals surface area contributed by atoms with Gasteiger partial charge in [-0.15, -0.1) is 0 Å². The van der Waals surface area contributed by atoms with Crippen molar-refractivity contribution in [2.45, 2.75) is 19.1 Å². The first kappa shape index (κ1) is 24.5. The van der Waals surface area contributed by atoms with Crippen molar-refractivity contribution in [3.05, 3.63) is 81.3 Å². The van der Waals surface area contributed by atoms with Crippen molar-refractivity contribution in [1.29, 1.82) is 0 Å². The highest BCUT2D eigenvalue weighted by molar-refractivity contribution is 6.42. The van der Waals surface area contributed by atoms with E-state index in [4.69, 9.17) is 42.1 Å². The zero-order chi connectivity index (χ0) is 25.1. The van der Waals surface area contributed by atoms with Crippen LogP contribution in [0.3, 0.4) is 0 Å². The SMILES string of the molecule is O=C(O)C(CNCc1ccc2c(c1)OCO2)C(NCc1ccc2c(c1)OCO2)c1ccc(Cl)c(Cl)c1. The Hall–Kier alpha value is -3.17. The van der Waals surface area contributed by atoms with E-state index in [-0.39, 0.29) is 20.1 Å². The molecule has 0 bridgehead atoms. The van der Waals surface area contributed by atoms with Crippen LogP contribution in [0.1, 0.15) is 22.7 Å². The number of hydrogen-bond acceptors (Lipinski definition) is 7. The standard InChI is InChI=1S/C26H24Cl2N2O6/c27-19-4-3-17(9-20(19)28)25(30-11-16-2-6-22-24(8-16)36-14-34-22)18(26(31)32)12-29-10-15-1-5-21-23(7-15)35-13-33-21/h1-9,18,25,29-30H,10-14H2,(H,31,32). The van der Waals surface area contributed by atoms with Crippen LogP contribution in [0.25, 0.3) is 0 Å². The highest BCUT2D eigenvalue weighted by Crippen LogP contribution is 2.34. The number of halogens is 2. The lowest BCUT2D eigenvalue weighted by molar-refractivity contribution is -0.142. The summed E-state index contributed by atoms with van der Waals surface area (Å²) in [7, 11) is 0. The fraction of sp³-hybridized carbons (Fsp3) is 0.269. The van der Waals surface area contributed by atoms with Crippen molar-refractivity contribution in [3.8, 4) is 23.0 Å². The lowest BCUT2D eigenvalue weighted by Gasteiger charge is -2.27. The molecule has 0 aromatic heterocycles. The van der Waals surface area contributed by atoms with E-state index in [0.717, 1.165) is 16.7 Å². The van der Waals surface area contributed by atoms with Gasteiger partial charge in [-0.2, -0.15) is 0 Å². The summed E-state index contributed by atoms with van der Waals surface area (Å²) in [5.74, 6) is 1.00. The minimum atomic E-state index is -0.942. The normalized spacial score (nSPS) is 15.1. The van der Waals surface area contributed by atoms with E-state index in [1.165, 1.54) is 0 Å². The minimum absolute atomic E-state index is 0.189. The second kappa shape index (κ2) is 10.8. The first-order chi connectivity index (χ1) is 17.5. The Balaban J connectivity index is 1.32. The monoisotopic (exact) mass is 530 g/mol. The van der Waals surface area contributed by atoms with E-state index in [1.54, 1.807) is 18.2 Å². The van der Waals surface area contributed by atoms with Crippen molar-refractivity contribution >= 4 is 29.2 Å². The van der Waals surface area contributed by atoms with E-state index < -0.39 is 17.9 Å². The van der Waals surface area contributed by atoms with Gasteiger partial charge >= 0.3 is 5.97 Å². The van der Waals surface area contributed by atoms with Crippen molar-refractivity contribution in [3.63, 3.8) is 0 Å². The molecule has 0 saturated carbocycles. The Labute approximate surface area is 218 Å². The molecule has 0 fully saturated rings. The second-order valence-electron chi connectivity index (χ2n) is 8.48. The number of benzene rings is 3. The third-order valence-corrected chi connectivity index (χ3v) is 6.85. The van der Waals surface area contributed by atoms with Crippen molar-refractivity contribution in [1.82, 2.24) is 10.6 Å². The van der Waals surface area contributed by atoms with E-state index in [9.17, 15) is 9.90 Å². The first-order valence-corrected chi connectivity index (χ1v) is 12.1. The number of carboxylic acid groups (broad SMARTS) is 1. The van der Waals surface area contributed by atoms with E-state index in [2.05, 4.69) is 10.6 Å². The van der Waals surface area contributed by atoms with Crippen LogP contribution in [0.4, 0.5) is 0 Å². The summed E-state index contributed by atoms with van der Waals surface area (Å²) in [6.45, 7) is 1.48. The Morgan fingerprint density at radius 3 is 2.03 bits per heavy atom. The molecule has 8 nitrogen and oxygen atoms in total. The van der Waals surface area contributed by atoms with Gasteiger partial charge in [0.05, 0.1) is 16.0 Å². The highest BCUT2D eigenvalue weighted by atomic mass is 35.5. The number of fused-ring (bicyclic) bond motifs is 2. The van der Waals surface area contributed by atoms with Gasteiger partial charge < -0.3 is 34.7 Å². The van der Waals surface area contributed by atoms with Gasteiger partial charge in [0.15, 0.2) is 23.0 Å². The second-order valence-corrected chi connectivity index (χ2v) is 9.30. The van der Waals surface area contributed by atoms with Crippen LogP contribution < -0.4 is 29.6 Å². The molecule has 36 heavy (non-hydrogen) atoms. The molecule has 2 atom stereocenters. The molecule has 3 N–H and O–H groups in total. The number of ether oxygens (including phenoxy) is 4. The average molecular weight is 531 g/mol. The van der Waals surface area contributed by atoms with Crippen LogP contribution >= 0.6 is 23.2 Å². The number of rotatable bonds is 10. The van der Waals surface area contributed by atoms with Crippen LogP contribution in [0.2, 0.25) is 10.0 Å². The van der Waals surface area contributed by atoms with Gasteiger partial charge in [-0.05, 0) is 53.1 Å². The van der Waals surface area contributed by atoms with E-state index in [1.807, 2.05) is 36.4 Å². The van der Waals surface area contributed by atoms with E-state index in [0.29, 0.717) is 46.1 Å². The van der Waals surface area contributed by atoms with Crippen molar-refractivity contribution in [2.75, 3.05) is 20.1 Å². The van der Waals surface area contributed by atoms with Crippen molar-refractivity contribution in [2.24, 2.45) is 5.92 Å². The zero-order valence-electron chi connectivity index (χ0n) is 19.1. The molecule has 0 spiro atoms. The number of hydrogen-bond donors (Lipinski definition) is 3. The predicted octanol–water partition coefficient (Wildman–Crippen LogP) is 4.77. The largest absolute Gasteiger partial charge is 0.481 e. The van der Waals surface area contributed by atoms with Gasteiger partial charge in [-0.25, -0.2) is 0 Å². The highest BCUT2D eigenvalue weighted by Gasteiger charge is 2.30. The van der Waals surface area contributed by atoms with E-state index >= 15 is 0 Å². The van der Waals surface area contributed by atoms with Crippen molar-refractivity contribution < 1.29 is 28.8 Å². The molecule has 2 unspecified atom stereocenters. The summed E-state index contributed by atoms with van der Waals surface area (Å²) in [5, 5.41) is 17.6. The fourth-order valence-electron chi connectivity index (χ4n) is 4.25. The summed E-state index contributed by atoms with van der Waals surface area (Å²) >= 11 is 12.4. The van der Waals surface area contributed by atoms with Crippen LogP contribution in [0, 0.1) is 5.92 Å². The fourth-order valence-corrected chi connectivity index (χ4v) is 4.55. The molecule has 10 heteroatoms. The molecule has 5 rings (SSSR count). The Kier molecular flexibility index (Phi) is 7.38. The van der Waals surface area contributed by atoms with Gasteiger partial charge in [-0.1, -0.05) is 41.4 Å². The number of nitrogens with one attached hydrogen (secondary N) is 2. The Bertz CT molecular complexity index is 1270. The molecular weight excluding hydrogens is 507 g/mol. The Morgan fingerprint density at radius 1 is 0.806 bits per heavy atom. The summed E-state index contributed by atoms with van der Waals surface area (Å²) in [6, 6.07) is 15.9. The van der Waals surface area contributed by atoms with Gasteiger partial charge in [0.25, 0.3) is 0 Å². The first-order valence-electron chi connectivity index (χ1n) is 11.4. The maximum Gasteiger partial charge on any atom is 0.309 e. The lowest BCUT2D eigenvalue weighted by Crippen LogP contribution is -2.39. The third kappa shape index (κ3) is 5.47. The summed E-state index contributed by atoms with van der Waals surface area (Å²) < 4.78 is 21.6. The quantitative estimate of drug-likeness (QED) is 0.344. The summed E-state index contributed by atoms with van der Waals surface area (Å²) in [5.41, 5.74) is 2.62. The summed E-state index contributed by atoms with van der Waals surface area (Å²) in [4.78, 5) is 12.4. The molecule has 0 amide bonds. The van der Waals surface area contributed by atoms with Gasteiger partial charge in [0.2, 0.25) is 13.6 Å². The molecule has 2 heterocycles. The molecule has 3 aromatic carbocycles. The number of carbonyl (C=O) groups is 1. The minimum Gasteiger partial charge on any atom is -0.481 e. The molecule has 3 aromatic rings. The molecule has 0 radical (unpaired) electrons. The van der Waals surface area contributed by atoms with Gasteiger partial charge in [-0.3, -0.25) is 4.79 Å². The van der Waals surface area contributed by atoms with Crippen LogP contribution in [0.15, 0.2) is 54.6 Å². The average Bonchev–Trinajstić information content (AvgIpc) is 3.53. The molecule has 188 valence electrons. The number of carboxylic acids is 1. The Morgan fingerprint density at radius 2 is 1.42 bits per heavy atom.